The van der Waals surface area contributed by atoms with Gasteiger partial charge in [-0.15, -0.1) is 0 Å². The van der Waals surface area contributed by atoms with Crippen molar-refractivity contribution in [3.8, 4) is 0 Å². The molecule has 1 aromatic carbocycles. The van der Waals surface area contributed by atoms with Crippen molar-refractivity contribution in [2.75, 3.05) is 6.54 Å². The van der Waals surface area contributed by atoms with Gasteiger partial charge in [-0.2, -0.15) is 0 Å². The van der Waals surface area contributed by atoms with Gasteiger partial charge in [0.1, 0.15) is 5.76 Å². The molecule has 0 bridgehead atoms. The molecule has 0 spiro atoms. The standard InChI is InChI=1S/C20H24N2O2/c1-3-18-16(14-6-4-13(2)5-7-14)10-11-22(18)20(23)17-12-19(24-21-17)15-8-9-15/h4-7,12,15-16,18H,3,8-11H2,1-2H3/t16-,18-/m1/s1. The summed E-state index contributed by atoms with van der Waals surface area (Å²) in [5.74, 6) is 1.79. The van der Waals surface area contributed by atoms with Crippen LogP contribution in [-0.4, -0.2) is 28.6 Å². The van der Waals surface area contributed by atoms with Crippen molar-refractivity contribution in [1.29, 1.82) is 0 Å². The molecule has 1 saturated carbocycles. The minimum Gasteiger partial charge on any atom is -0.360 e. The summed E-state index contributed by atoms with van der Waals surface area (Å²) in [6.07, 6.45) is 4.28. The normalized spacial score (nSPS) is 23.7. The van der Waals surface area contributed by atoms with E-state index in [1.807, 2.05) is 11.0 Å². The fourth-order valence-corrected chi connectivity index (χ4v) is 3.91. The molecule has 1 amide bonds. The monoisotopic (exact) mass is 324 g/mol. The Hall–Kier alpha value is -2.10. The predicted octanol–water partition coefficient (Wildman–Crippen LogP) is 4.27. The van der Waals surface area contributed by atoms with Crippen LogP contribution in [-0.2, 0) is 0 Å². The molecule has 1 aliphatic carbocycles. The first-order chi connectivity index (χ1) is 11.7. The zero-order chi connectivity index (χ0) is 16.7. The lowest BCUT2D eigenvalue weighted by Crippen LogP contribution is -2.37. The number of hydrogen-bond donors (Lipinski definition) is 0. The lowest BCUT2D eigenvalue weighted by atomic mass is 9.90. The van der Waals surface area contributed by atoms with Crippen molar-refractivity contribution >= 4 is 5.91 Å². The molecule has 1 aromatic heterocycles. The Morgan fingerprint density at radius 1 is 1.25 bits per heavy atom. The molecule has 2 fully saturated rings. The summed E-state index contributed by atoms with van der Waals surface area (Å²) in [4.78, 5) is 14.9. The van der Waals surface area contributed by atoms with Crippen LogP contribution in [0.25, 0.3) is 0 Å². The summed E-state index contributed by atoms with van der Waals surface area (Å²) in [6.45, 7) is 5.06. The molecule has 4 heteroatoms. The second kappa shape index (κ2) is 6.08. The highest BCUT2D eigenvalue weighted by molar-refractivity contribution is 5.92. The highest BCUT2D eigenvalue weighted by atomic mass is 16.5. The van der Waals surface area contributed by atoms with E-state index in [9.17, 15) is 4.79 Å². The van der Waals surface area contributed by atoms with Crippen LogP contribution in [0.1, 0.15) is 71.8 Å². The van der Waals surface area contributed by atoms with Gasteiger partial charge in [0.25, 0.3) is 5.91 Å². The third-order valence-corrected chi connectivity index (χ3v) is 5.46. The van der Waals surface area contributed by atoms with Gasteiger partial charge < -0.3 is 9.42 Å². The number of likely N-dealkylation sites (tertiary alicyclic amines) is 1. The van der Waals surface area contributed by atoms with Crippen molar-refractivity contribution in [3.63, 3.8) is 0 Å². The van der Waals surface area contributed by atoms with Crippen molar-refractivity contribution in [2.24, 2.45) is 0 Å². The molecule has 2 aliphatic rings. The number of hydrogen-bond acceptors (Lipinski definition) is 3. The topological polar surface area (TPSA) is 46.3 Å². The Morgan fingerprint density at radius 3 is 2.67 bits per heavy atom. The molecule has 2 aromatic rings. The van der Waals surface area contributed by atoms with E-state index in [0.29, 0.717) is 17.5 Å². The second-order valence-electron chi connectivity index (χ2n) is 7.17. The number of amides is 1. The average Bonchev–Trinajstić information content (AvgIpc) is 3.18. The highest BCUT2D eigenvalue weighted by Crippen LogP contribution is 2.41. The van der Waals surface area contributed by atoms with Gasteiger partial charge in [0, 0.05) is 30.5 Å². The van der Waals surface area contributed by atoms with Gasteiger partial charge in [-0.1, -0.05) is 41.9 Å². The summed E-state index contributed by atoms with van der Waals surface area (Å²) >= 11 is 0. The summed E-state index contributed by atoms with van der Waals surface area (Å²) in [7, 11) is 0. The van der Waals surface area contributed by atoms with Crippen molar-refractivity contribution in [1.82, 2.24) is 10.1 Å². The zero-order valence-electron chi connectivity index (χ0n) is 14.4. The summed E-state index contributed by atoms with van der Waals surface area (Å²) in [5, 5.41) is 4.03. The van der Waals surface area contributed by atoms with Gasteiger partial charge in [-0.05, 0) is 38.2 Å². The summed E-state index contributed by atoms with van der Waals surface area (Å²) < 4.78 is 5.37. The Bertz CT molecular complexity index is 730. The molecule has 24 heavy (non-hydrogen) atoms. The van der Waals surface area contributed by atoms with Gasteiger partial charge in [-0.25, -0.2) is 0 Å². The molecule has 2 atom stereocenters. The maximum atomic E-state index is 12.9. The lowest BCUT2D eigenvalue weighted by molar-refractivity contribution is 0.0716. The molecule has 0 N–H and O–H groups in total. The first-order valence-corrected chi connectivity index (χ1v) is 9.01. The third-order valence-electron chi connectivity index (χ3n) is 5.46. The molecule has 126 valence electrons. The highest BCUT2D eigenvalue weighted by Gasteiger charge is 2.38. The quantitative estimate of drug-likeness (QED) is 0.844. The number of benzene rings is 1. The SMILES string of the molecule is CC[C@@H]1[C@@H](c2ccc(C)cc2)CCN1C(=O)c1cc(C2CC2)on1. The molecule has 0 radical (unpaired) electrons. The van der Waals surface area contributed by atoms with Crippen LogP contribution < -0.4 is 0 Å². The van der Waals surface area contributed by atoms with Crippen LogP contribution in [0.15, 0.2) is 34.9 Å². The van der Waals surface area contributed by atoms with Crippen LogP contribution in [0.5, 0.6) is 0 Å². The zero-order valence-corrected chi connectivity index (χ0v) is 14.4. The Balaban J connectivity index is 1.54. The lowest BCUT2D eigenvalue weighted by Gasteiger charge is -2.27. The van der Waals surface area contributed by atoms with Crippen LogP contribution >= 0.6 is 0 Å². The smallest absolute Gasteiger partial charge is 0.276 e. The minimum atomic E-state index is 0.0205. The summed E-state index contributed by atoms with van der Waals surface area (Å²) in [6, 6.07) is 10.8. The molecule has 4 rings (SSSR count). The van der Waals surface area contributed by atoms with Gasteiger partial charge >= 0.3 is 0 Å². The fraction of sp³-hybridized carbons (Fsp3) is 0.500. The number of carbonyl (C=O) groups excluding carboxylic acids is 1. The minimum absolute atomic E-state index is 0.0205. The Labute approximate surface area is 142 Å². The molecular weight excluding hydrogens is 300 g/mol. The predicted molar refractivity (Wildman–Crippen MR) is 92.1 cm³/mol. The van der Waals surface area contributed by atoms with E-state index in [-0.39, 0.29) is 11.9 Å². The van der Waals surface area contributed by atoms with Crippen LogP contribution in [0.3, 0.4) is 0 Å². The van der Waals surface area contributed by atoms with Crippen LogP contribution in [0.2, 0.25) is 0 Å². The number of nitrogens with zero attached hydrogens (tertiary/aromatic N) is 2. The van der Waals surface area contributed by atoms with Gasteiger partial charge in [0.2, 0.25) is 0 Å². The first kappa shape index (κ1) is 15.4. The number of rotatable bonds is 4. The average molecular weight is 324 g/mol. The molecule has 1 aliphatic heterocycles. The Morgan fingerprint density at radius 2 is 2.00 bits per heavy atom. The van der Waals surface area contributed by atoms with E-state index in [1.54, 1.807) is 0 Å². The largest absolute Gasteiger partial charge is 0.360 e. The molecule has 0 unspecified atom stereocenters. The van der Waals surface area contributed by atoms with Crippen molar-refractivity contribution in [3.05, 3.63) is 52.9 Å². The maximum absolute atomic E-state index is 12.9. The number of aromatic nitrogens is 1. The van der Waals surface area contributed by atoms with Gasteiger partial charge in [0.05, 0.1) is 0 Å². The van der Waals surface area contributed by atoms with E-state index in [0.717, 1.165) is 38.0 Å². The van der Waals surface area contributed by atoms with Crippen molar-refractivity contribution < 1.29 is 9.32 Å². The summed E-state index contributed by atoms with van der Waals surface area (Å²) in [5.41, 5.74) is 3.08. The second-order valence-corrected chi connectivity index (χ2v) is 7.17. The van der Waals surface area contributed by atoms with E-state index in [4.69, 9.17) is 4.52 Å². The van der Waals surface area contributed by atoms with E-state index in [2.05, 4.69) is 43.3 Å². The number of carbonyl (C=O) groups is 1. The van der Waals surface area contributed by atoms with Crippen LogP contribution in [0.4, 0.5) is 0 Å². The molecule has 1 saturated heterocycles. The van der Waals surface area contributed by atoms with E-state index >= 15 is 0 Å². The van der Waals surface area contributed by atoms with E-state index in [1.165, 1.54) is 11.1 Å². The molecular formula is C20H24N2O2. The van der Waals surface area contributed by atoms with Gasteiger partial charge in [0.15, 0.2) is 5.69 Å². The van der Waals surface area contributed by atoms with E-state index < -0.39 is 0 Å². The number of aryl methyl sites for hydroxylation is 1. The molecule has 4 nitrogen and oxygen atoms in total. The maximum Gasteiger partial charge on any atom is 0.276 e. The van der Waals surface area contributed by atoms with Crippen molar-refractivity contribution in [2.45, 2.75) is 57.4 Å². The molecule has 2 heterocycles. The van der Waals surface area contributed by atoms with Crippen LogP contribution in [0, 0.1) is 6.92 Å². The third kappa shape index (κ3) is 2.74. The van der Waals surface area contributed by atoms with Gasteiger partial charge in [-0.3, -0.25) is 4.79 Å². The Kier molecular flexibility index (Phi) is 3.91. The fourth-order valence-electron chi connectivity index (χ4n) is 3.91. The first-order valence-electron chi connectivity index (χ1n) is 9.01.